The molecule has 1 aliphatic rings. The highest BCUT2D eigenvalue weighted by atomic mass is 16.3. The lowest BCUT2D eigenvalue weighted by molar-refractivity contribution is 0.475. The zero-order valence-electron chi connectivity index (χ0n) is 11.5. The number of nitrogens with one attached hydrogen (secondary N) is 1. The van der Waals surface area contributed by atoms with E-state index < -0.39 is 0 Å². The van der Waals surface area contributed by atoms with Crippen LogP contribution in [0.4, 0.5) is 11.4 Å². The first-order chi connectivity index (χ1) is 9.83. The van der Waals surface area contributed by atoms with Gasteiger partial charge in [0.2, 0.25) is 0 Å². The maximum Gasteiger partial charge on any atom is 0.115 e. The molecule has 0 spiro atoms. The van der Waals surface area contributed by atoms with Crippen LogP contribution in [0.15, 0.2) is 48.5 Å². The largest absolute Gasteiger partial charge is 0.508 e. The number of rotatable bonds is 4. The van der Waals surface area contributed by atoms with Crippen LogP contribution in [0.2, 0.25) is 0 Å². The fraction of sp³-hybridized carbons (Fsp3) is 0.294. The van der Waals surface area contributed by atoms with Crippen LogP contribution in [-0.2, 0) is 6.54 Å². The number of phenolic OH excluding ortho intramolecular Hbond substituents is 1. The third-order valence-electron chi connectivity index (χ3n) is 3.79. The predicted molar refractivity (Wildman–Crippen MR) is 83.3 cm³/mol. The van der Waals surface area contributed by atoms with Gasteiger partial charge in [-0.1, -0.05) is 18.2 Å². The van der Waals surface area contributed by atoms with E-state index >= 15 is 0 Å². The SMILES string of the molecule is Oc1ccc(NCc2ccccc2N2CCCC2)cc1. The lowest BCUT2D eigenvalue weighted by Crippen LogP contribution is -2.19. The van der Waals surface area contributed by atoms with Crippen LogP contribution in [0.1, 0.15) is 18.4 Å². The van der Waals surface area contributed by atoms with E-state index in [0.717, 1.165) is 25.3 Å². The van der Waals surface area contributed by atoms with Crippen LogP contribution >= 0.6 is 0 Å². The number of nitrogens with zero attached hydrogens (tertiary/aromatic N) is 1. The van der Waals surface area contributed by atoms with Gasteiger partial charge in [-0.25, -0.2) is 0 Å². The lowest BCUT2D eigenvalue weighted by atomic mass is 10.1. The molecule has 2 aromatic carbocycles. The summed E-state index contributed by atoms with van der Waals surface area (Å²) in [5.41, 5.74) is 3.69. The molecule has 1 fully saturated rings. The minimum atomic E-state index is 0.299. The van der Waals surface area contributed by atoms with E-state index in [2.05, 4.69) is 34.5 Å². The minimum Gasteiger partial charge on any atom is -0.508 e. The molecule has 20 heavy (non-hydrogen) atoms. The summed E-state index contributed by atoms with van der Waals surface area (Å²) < 4.78 is 0. The first-order valence-electron chi connectivity index (χ1n) is 7.19. The Labute approximate surface area is 119 Å². The topological polar surface area (TPSA) is 35.5 Å². The molecular weight excluding hydrogens is 248 g/mol. The van der Waals surface area contributed by atoms with Gasteiger partial charge in [-0.15, -0.1) is 0 Å². The van der Waals surface area contributed by atoms with Crippen LogP contribution in [0.3, 0.4) is 0 Å². The van der Waals surface area contributed by atoms with E-state index in [1.165, 1.54) is 24.1 Å². The summed E-state index contributed by atoms with van der Waals surface area (Å²) in [6, 6.07) is 15.8. The quantitative estimate of drug-likeness (QED) is 0.832. The van der Waals surface area contributed by atoms with Crippen molar-refractivity contribution in [1.82, 2.24) is 0 Å². The molecule has 1 saturated heterocycles. The Morgan fingerprint density at radius 1 is 0.950 bits per heavy atom. The van der Waals surface area contributed by atoms with Crippen molar-refractivity contribution in [3.05, 3.63) is 54.1 Å². The standard InChI is InChI=1S/C17H20N2O/c20-16-9-7-15(8-10-16)18-13-14-5-1-2-6-17(14)19-11-3-4-12-19/h1-2,5-10,18,20H,3-4,11-13H2. The van der Waals surface area contributed by atoms with Gasteiger partial charge in [-0.2, -0.15) is 0 Å². The smallest absolute Gasteiger partial charge is 0.115 e. The molecule has 0 atom stereocenters. The maximum absolute atomic E-state index is 9.30. The van der Waals surface area contributed by atoms with Gasteiger partial charge in [-0.3, -0.25) is 0 Å². The monoisotopic (exact) mass is 268 g/mol. The molecule has 3 rings (SSSR count). The Bertz CT molecular complexity index is 559. The molecule has 0 radical (unpaired) electrons. The fourth-order valence-corrected chi connectivity index (χ4v) is 2.70. The Morgan fingerprint density at radius 2 is 1.65 bits per heavy atom. The third kappa shape index (κ3) is 2.87. The first kappa shape index (κ1) is 12.9. The summed E-state index contributed by atoms with van der Waals surface area (Å²) >= 11 is 0. The zero-order valence-corrected chi connectivity index (χ0v) is 11.5. The van der Waals surface area contributed by atoms with Gasteiger partial charge in [-0.05, 0) is 48.7 Å². The van der Waals surface area contributed by atoms with Crippen LogP contribution in [0.5, 0.6) is 5.75 Å². The molecule has 0 aromatic heterocycles. The molecule has 0 unspecified atom stereocenters. The zero-order chi connectivity index (χ0) is 13.8. The number of para-hydroxylation sites is 1. The molecule has 3 nitrogen and oxygen atoms in total. The van der Waals surface area contributed by atoms with Gasteiger partial charge >= 0.3 is 0 Å². The second-order valence-electron chi connectivity index (χ2n) is 5.22. The normalized spacial score (nSPS) is 14.5. The van der Waals surface area contributed by atoms with Gasteiger partial charge in [0.1, 0.15) is 5.75 Å². The minimum absolute atomic E-state index is 0.299. The predicted octanol–water partition coefficient (Wildman–Crippen LogP) is 3.60. The molecule has 104 valence electrons. The second kappa shape index (κ2) is 5.87. The second-order valence-corrected chi connectivity index (χ2v) is 5.22. The molecule has 0 saturated carbocycles. The summed E-state index contributed by atoms with van der Waals surface area (Å²) in [6.45, 7) is 3.13. The van der Waals surface area contributed by atoms with E-state index in [-0.39, 0.29) is 0 Å². The Hall–Kier alpha value is -2.16. The average Bonchev–Trinajstić information content (AvgIpc) is 3.01. The fourth-order valence-electron chi connectivity index (χ4n) is 2.70. The number of aromatic hydroxyl groups is 1. The number of anilines is 2. The molecule has 3 heteroatoms. The van der Waals surface area contributed by atoms with Gasteiger partial charge in [0.05, 0.1) is 0 Å². The summed E-state index contributed by atoms with van der Waals surface area (Å²) in [5, 5.41) is 12.7. The Kier molecular flexibility index (Phi) is 3.77. The van der Waals surface area contributed by atoms with E-state index in [0.29, 0.717) is 5.75 Å². The summed E-state index contributed by atoms with van der Waals surface area (Å²) in [6.07, 6.45) is 2.58. The van der Waals surface area contributed by atoms with Crippen molar-refractivity contribution < 1.29 is 5.11 Å². The number of hydrogen-bond acceptors (Lipinski definition) is 3. The van der Waals surface area contributed by atoms with Crippen LogP contribution in [0.25, 0.3) is 0 Å². The highest BCUT2D eigenvalue weighted by Crippen LogP contribution is 2.25. The molecular formula is C17H20N2O. The van der Waals surface area contributed by atoms with Crippen LogP contribution < -0.4 is 10.2 Å². The maximum atomic E-state index is 9.30. The average molecular weight is 268 g/mol. The third-order valence-corrected chi connectivity index (χ3v) is 3.79. The van der Waals surface area contributed by atoms with E-state index in [1.807, 2.05) is 12.1 Å². The van der Waals surface area contributed by atoms with E-state index in [4.69, 9.17) is 0 Å². The van der Waals surface area contributed by atoms with Crippen LogP contribution in [0, 0.1) is 0 Å². The Morgan fingerprint density at radius 3 is 2.40 bits per heavy atom. The first-order valence-corrected chi connectivity index (χ1v) is 7.19. The summed E-state index contributed by atoms with van der Waals surface area (Å²) in [5.74, 6) is 0.299. The molecule has 0 bridgehead atoms. The van der Waals surface area contributed by atoms with Crippen molar-refractivity contribution >= 4 is 11.4 Å². The lowest BCUT2D eigenvalue weighted by Gasteiger charge is -2.21. The summed E-state index contributed by atoms with van der Waals surface area (Å²) in [4.78, 5) is 2.47. The molecule has 2 N–H and O–H groups in total. The van der Waals surface area contributed by atoms with Crippen molar-refractivity contribution in [2.75, 3.05) is 23.3 Å². The Balaban J connectivity index is 1.72. The number of hydrogen-bond donors (Lipinski definition) is 2. The number of benzene rings is 2. The van der Waals surface area contributed by atoms with Gasteiger partial charge in [0.25, 0.3) is 0 Å². The summed E-state index contributed by atoms with van der Waals surface area (Å²) in [7, 11) is 0. The highest BCUT2D eigenvalue weighted by molar-refractivity contribution is 5.56. The molecule has 0 aliphatic carbocycles. The van der Waals surface area contributed by atoms with Gasteiger partial charge < -0.3 is 15.3 Å². The molecule has 1 heterocycles. The van der Waals surface area contributed by atoms with Gasteiger partial charge in [0, 0.05) is 31.0 Å². The molecule has 1 aliphatic heterocycles. The van der Waals surface area contributed by atoms with E-state index in [1.54, 1.807) is 12.1 Å². The van der Waals surface area contributed by atoms with Crippen molar-refractivity contribution in [2.24, 2.45) is 0 Å². The molecule has 2 aromatic rings. The van der Waals surface area contributed by atoms with Crippen molar-refractivity contribution in [2.45, 2.75) is 19.4 Å². The van der Waals surface area contributed by atoms with Crippen LogP contribution in [-0.4, -0.2) is 18.2 Å². The van der Waals surface area contributed by atoms with Crippen molar-refractivity contribution in [1.29, 1.82) is 0 Å². The molecule has 0 amide bonds. The van der Waals surface area contributed by atoms with Crippen molar-refractivity contribution in [3.63, 3.8) is 0 Å². The van der Waals surface area contributed by atoms with E-state index in [9.17, 15) is 5.11 Å². The van der Waals surface area contributed by atoms with Crippen molar-refractivity contribution in [3.8, 4) is 5.75 Å². The highest BCUT2D eigenvalue weighted by Gasteiger charge is 2.14. The van der Waals surface area contributed by atoms with Gasteiger partial charge in [0.15, 0.2) is 0 Å². The number of phenols is 1.